The summed E-state index contributed by atoms with van der Waals surface area (Å²) in [6.45, 7) is 6.44. The molecule has 3 aromatic carbocycles. The summed E-state index contributed by atoms with van der Waals surface area (Å²) in [7, 11) is 0. The van der Waals surface area contributed by atoms with Crippen molar-refractivity contribution >= 4 is 11.9 Å². The standard InChI is InChI=1S/C28H27N5O2/c1-17-9-10-22(15-18(17)2)27-31-28-30-19(3)24(26(29)34)25(33(28)32-27)21-11-13-23(14-12-21)35-16-20-7-5-4-6-8-20/h4-15,25H,16H2,1-3H3,(H2,29,34)(H,30,31,32). The van der Waals surface area contributed by atoms with Gasteiger partial charge in [0.25, 0.3) is 0 Å². The maximum absolute atomic E-state index is 12.5. The molecule has 0 radical (unpaired) electrons. The number of allylic oxidation sites excluding steroid dienone is 1. The van der Waals surface area contributed by atoms with Gasteiger partial charge in [0.15, 0.2) is 5.82 Å². The Kier molecular flexibility index (Phi) is 5.82. The van der Waals surface area contributed by atoms with Gasteiger partial charge in [0.05, 0.1) is 5.57 Å². The molecule has 3 N–H and O–H groups in total. The van der Waals surface area contributed by atoms with E-state index in [-0.39, 0.29) is 0 Å². The van der Waals surface area contributed by atoms with E-state index in [4.69, 9.17) is 20.6 Å². The van der Waals surface area contributed by atoms with Gasteiger partial charge >= 0.3 is 0 Å². The molecular weight excluding hydrogens is 438 g/mol. The number of anilines is 1. The van der Waals surface area contributed by atoms with Gasteiger partial charge in [-0.2, -0.15) is 4.98 Å². The number of nitrogens with one attached hydrogen (secondary N) is 1. The zero-order valence-electron chi connectivity index (χ0n) is 19.9. The molecule has 0 aliphatic carbocycles. The second kappa shape index (κ2) is 9.10. The molecule has 0 saturated heterocycles. The molecule has 1 atom stereocenters. The number of aryl methyl sites for hydroxylation is 2. The average Bonchev–Trinajstić information content (AvgIpc) is 3.28. The van der Waals surface area contributed by atoms with Crippen LogP contribution < -0.4 is 15.8 Å². The minimum Gasteiger partial charge on any atom is -0.489 e. The number of amides is 1. The lowest BCUT2D eigenvalue weighted by Gasteiger charge is -2.27. The number of fused-ring (bicyclic) bond motifs is 1. The lowest BCUT2D eigenvalue weighted by Crippen LogP contribution is -2.31. The molecule has 176 valence electrons. The van der Waals surface area contributed by atoms with Gasteiger partial charge in [-0.3, -0.25) is 4.79 Å². The zero-order valence-corrected chi connectivity index (χ0v) is 19.9. The fourth-order valence-corrected chi connectivity index (χ4v) is 4.27. The monoisotopic (exact) mass is 465 g/mol. The van der Waals surface area contributed by atoms with E-state index in [1.54, 1.807) is 4.68 Å². The molecule has 7 nitrogen and oxygen atoms in total. The first-order valence-electron chi connectivity index (χ1n) is 11.5. The van der Waals surface area contributed by atoms with Crippen LogP contribution in [0.2, 0.25) is 0 Å². The summed E-state index contributed by atoms with van der Waals surface area (Å²) in [6, 6.07) is 23.3. The van der Waals surface area contributed by atoms with Gasteiger partial charge in [-0.05, 0) is 61.2 Å². The topological polar surface area (TPSA) is 95.1 Å². The smallest absolute Gasteiger partial charge is 0.248 e. The quantitative estimate of drug-likeness (QED) is 0.422. The number of aromatic nitrogens is 3. The Morgan fingerprint density at radius 1 is 1.00 bits per heavy atom. The van der Waals surface area contributed by atoms with Crippen molar-refractivity contribution in [2.24, 2.45) is 5.73 Å². The van der Waals surface area contributed by atoms with Crippen molar-refractivity contribution in [3.05, 3.63) is 106 Å². The highest BCUT2D eigenvalue weighted by molar-refractivity contribution is 5.95. The molecule has 5 rings (SSSR count). The Labute approximate surface area is 204 Å². The van der Waals surface area contributed by atoms with Crippen molar-refractivity contribution in [3.8, 4) is 17.1 Å². The van der Waals surface area contributed by atoms with Crippen molar-refractivity contribution in [1.29, 1.82) is 0 Å². The van der Waals surface area contributed by atoms with Crippen LogP contribution in [0.4, 0.5) is 5.95 Å². The number of nitrogens with two attached hydrogens (primary N) is 1. The fourth-order valence-electron chi connectivity index (χ4n) is 4.27. The molecule has 1 unspecified atom stereocenters. The molecule has 1 aliphatic heterocycles. The van der Waals surface area contributed by atoms with Crippen molar-refractivity contribution in [2.75, 3.05) is 5.32 Å². The Bertz CT molecular complexity index is 1420. The number of carbonyl (C=O) groups excluding carboxylic acids is 1. The van der Waals surface area contributed by atoms with Gasteiger partial charge in [-0.25, -0.2) is 4.68 Å². The van der Waals surface area contributed by atoms with Crippen LogP contribution in [-0.4, -0.2) is 20.7 Å². The minimum absolute atomic E-state index is 0.451. The van der Waals surface area contributed by atoms with Crippen LogP contribution in [0.3, 0.4) is 0 Å². The van der Waals surface area contributed by atoms with Crippen molar-refractivity contribution in [2.45, 2.75) is 33.4 Å². The minimum atomic E-state index is -0.502. The predicted molar refractivity (Wildman–Crippen MR) is 136 cm³/mol. The lowest BCUT2D eigenvalue weighted by molar-refractivity contribution is -0.115. The SMILES string of the molecule is CC1=C(C(N)=O)C(c2ccc(OCc3ccccc3)cc2)n2nc(-c3ccc(C)c(C)c3)nc2N1. The second-order valence-electron chi connectivity index (χ2n) is 8.78. The van der Waals surface area contributed by atoms with E-state index in [1.807, 2.05) is 67.6 Å². The number of rotatable bonds is 6. The summed E-state index contributed by atoms with van der Waals surface area (Å²) in [5, 5.41) is 7.99. The first-order chi connectivity index (χ1) is 16.9. The van der Waals surface area contributed by atoms with Crippen LogP contribution in [0.1, 0.15) is 35.2 Å². The molecule has 0 bridgehead atoms. The fraction of sp³-hybridized carbons (Fsp3) is 0.179. The predicted octanol–water partition coefficient (Wildman–Crippen LogP) is 4.92. The molecule has 0 fully saturated rings. The highest BCUT2D eigenvalue weighted by Gasteiger charge is 2.33. The summed E-state index contributed by atoms with van der Waals surface area (Å²) < 4.78 is 7.66. The maximum atomic E-state index is 12.5. The first kappa shape index (κ1) is 22.4. The van der Waals surface area contributed by atoms with E-state index in [9.17, 15) is 4.79 Å². The van der Waals surface area contributed by atoms with Crippen molar-refractivity contribution in [1.82, 2.24) is 14.8 Å². The average molecular weight is 466 g/mol. The maximum Gasteiger partial charge on any atom is 0.248 e. The Morgan fingerprint density at radius 3 is 2.43 bits per heavy atom. The second-order valence-corrected chi connectivity index (χ2v) is 8.78. The molecular formula is C28H27N5O2. The van der Waals surface area contributed by atoms with Crippen molar-refractivity contribution < 1.29 is 9.53 Å². The van der Waals surface area contributed by atoms with Crippen LogP contribution in [0, 0.1) is 13.8 Å². The number of primary amides is 1. The van der Waals surface area contributed by atoms with E-state index in [1.165, 1.54) is 5.56 Å². The van der Waals surface area contributed by atoms with E-state index < -0.39 is 11.9 Å². The summed E-state index contributed by atoms with van der Waals surface area (Å²) in [6.07, 6.45) is 0. The van der Waals surface area contributed by atoms with E-state index in [0.717, 1.165) is 28.0 Å². The molecule has 4 aromatic rings. The third-order valence-corrected chi connectivity index (χ3v) is 6.33. The summed E-state index contributed by atoms with van der Waals surface area (Å²) in [5.74, 6) is 1.39. The number of ether oxygens (including phenoxy) is 1. The van der Waals surface area contributed by atoms with Crippen LogP contribution in [0.15, 0.2) is 84.1 Å². The third kappa shape index (κ3) is 4.40. The largest absolute Gasteiger partial charge is 0.489 e. The van der Waals surface area contributed by atoms with Gasteiger partial charge in [-0.15, -0.1) is 5.10 Å². The van der Waals surface area contributed by atoms with Gasteiger partial charge in [0, 0.05) is 11.3 Å². The highest BCUT2D eigenvalue weighted by atomic mass is 16.5. The third-order valence-electron chi connectivity index (χ3n) is 6.33. The van der Waals surface area contributed by atoms with Crippen molar-refractivity contribution in [3.63, 3.8) is 0 Å². The molecule has 35 heavy (non-hydrogen) atoms. The molecule has 7 heteroatoms. The van der Waals surface area contributed by atoms with Gasteiger partial charge in [0.2, 0.25) is 11.9 Å². The summed E-state index contributed by atoms with van der Waals surface area (Å²) in [5.41, 5.74) is 12.2. The molecule has 0 spiro atoms. The van der Waals surface area contributed by atoms with Gasteiger partial charge in [-0.1, -0.05) is 54.6 Å². The van der Waals surface area contributed by atoms with E-state index >= 15 is 0 Å². The van der Waals surface area contributed by atoms with Gasteiger partial charge < -0.3 is 15.8 Å². The van der Waals surface area contributed by atoms with Crippen LogP contribution in [0.25, 0.3) is 11.4 Å². The summed E-state index contributed by atoms with van der Waals surface area (Å²) in [4.78, 5) is 17.2. The number of hydrogen-bond donors (Lipinski definition) is 2. The van der Waals surface area contributed by atoms with Crippen LogP contribution in [-0.2, 0) is 11.4 Å². The molecule has 1 aliphatic rings. The Balaban J connectivity index is 1.49. The number of hydrogen-bond acceptors (Lipinski definition) is 5. The highest BCUT2D eigenvalue weighted by Crippen LogP contribution is 2.36. The van der Waals surface area contributed by atoms with Crippen LogP contribution in [0.5, 0.6) is 5.75 Å². The molecule has 1 amide bonds. The Hall–Kier alpha value is -4.39. The zero-order chi connectivity index (χ0) is 24.5. The normalized spacial score (nSPS) is 14.9. The number of benzene rings is 3. The first-order valence-corrected chi connectivity index (χ1v) is 11.5. The Morgan fingerprint density at radius 2 is 1.74 bits per heavy atom. The van der Waals surface area contributed by atoms with E-state index in [0.29, 0.717) is 29.6 Å². The molecule has 1 aromatic heterocycles. The number of carbonyl (C=O) groups is 1. The number of nitrogens with zero attached hydrogens (tertiary/aromatic N) is 3. The molecule has 0 saturated carbocycles. The van der Waals surface area contributed by atoms with Gasteiger partial charge in [0.1, 0.15) is 18.4 Å². The van der Waals surface area contributed by atoms with Crippen LogP contribution >= 0.6 is 0 Å². The summed E-state index contributed by atoms with van der Waals surface area (Å²) >= 11 is 0. The lowest BCUT2D eigenvalue weighted by atomic mass is 9.95. The molecule has 2 heterocycles. The van der Waals surface area contributed by atoms with E-state index in [2.05, 4.69) is 31.3 Å².